The minimum Gasteiger partial charge on any atom is -0.469 e. The number of fused-ring (bicyclic) bond motifs is 13. The number of para-hydroxylation sites is 1. The van der Waals surface area contributed by atoms with Gasteiger partial charge in [0.25, 0.3) is 0 Å². The van der Waals surface area contributed by atoms with E-state index in [0.29, 0.717) is 0 Å². The van der Waals surface area contributed by atoms with Crippen LogP contribution in [-0.4, -0.2) is 11.8 Å². The Morgan fingerprint density at radius 1 is 0.400 bits per heavy atom. The number of aromatic nitrogens is 1. The maximum atomic E-state index is 7.00. The lowest BCUT2D eigenvalue weighted by Gasteiger charge is -2.33. The van der Waals surface area contributed by atoms with E-state index in [1.165, 1.54) is 69.9 Å². The summed E-state index contributed by atoms with van der Waals surface area (Å²) in [4.78, 5) is 0. The van der Waals surface area contributed by atoms with Crippen LogP contribution in [0.15, 0.2) is 179 Å². The fourth-order valence-electron chi connectivity index (χ4n) is 12.8. The van der Waals surface area contributed by atoms with Crippen molar-refractivity contribution in [1.82, 2.24) is 4.57 Å². The van der Waals surface area contributed by atoms with Gasteiger partial charge in [0.1, 0.15) is 16.7 Å². The van der Waals surface area contributed by atoms with Gasteiger partial charge >= 0.3 is 0 Å². The second-order valence-corrected chi connectivity index (χ2v) is 28.2. The average Bonchev–Trinajstić information content (AvgIpc) is 4.22. The minimum atomic E-state index is -0.417. The van der Waals surface area contributed by atoms with Crippen LogP contribution in [0, 0.1) is 0 Å². The highest BCUT2D eigenvalue weighted by molar-refractivity contribution is 7.25. The van der Waals surface area contributed by atoms with Gasteiger partial charge in [-0.3, -0.25) is 0 Å². The number of rotatable bonds is 6. The molecule has 80 heavy (non-hydrogen) atoms. The topological polar surface area (TPSA) is 43.2 Å². The summed E-state index contributed by atoms with van der Waals surface area (Å²) in [6.45, 7) is 29.8. The smallest absolute Gasteiger partial charge is 0.247 e. The van der Waals surface area contributed by atoms with Crippen LogP contribution >= 0.6 is 11.3 Å². The summed E-state index contributed by atoms with van der Waals surface area (Å²) in [6.07, 6.45) is 0. The third-order valence-electron chi connectivity index (χ3n) is 17.7. The number of hydrogen-bond donors (Lipinski definition) is 1. The van der Waals surface area contributed by atoms with Crippen molar-refractivity contribution in [2.45, 2.75) is 117 Å². The first-order valence-electron chi connectivity index (χ1n) is 28.5. The van der Waals surface area contributed by atoms with E-state index < -0.39 is 5.41 Å². The Labute approximate surface area is 474 Å². The Morgan fingerprint density at radius 3 is 1.61 bits per heavy atom. The van der Waals surface area contributed by atoms with Crippen LogP contribution in [-0.2, 0) is 27.1 Å². The van der Waals surface area contributed by atoms with Crippen LogP contribution in [0.25, 0.3) is 91.7 Å². The van der Waals surface area contributed by atoms with Crippen LogP contribution in [0.2, 0.25) is 0 Å². The molecular formula is C74H68BN2O2S. The Balaban J connectivity index is 0.999. The predicted molar refractivity (Wildman–Crippen MR) is 344 cm³/mol. The first-order valence-corrected chi connectivity index (χ1v) is 29.3. The van der Waals surface area contributed by atoms with Gasteiger partial charge in [-0.15, -0.1) is 11.3 Å². The number of anilines is 2. The zero-order valence-corrected chi connectivity index (χ0v) is 49.2. The molecule has 0 saturated carbocycles. The van der Waals surface area contributed by atoms with E-state index in [0.717, 1.165) is 83.3 Å². The first kappa shape index (κ1) is 50.4. The van der Waals surface area contributed by atoms with Crippen molar-refractivity contribution < 1.29 is 8.83 Å². The van der Waals surface area contributed by atoms with Crippen LogP contribution in [0.1, 0.15) is 129 Å². The minimum absolute atomic E-state index is 0.0325. The van der Waals surface area contributed by atoms with E-state index in [9.17, 15) is 0 Å². The first-order chi connectivity index (χ1) is 38.0. The van der Waals surface area contributed by atoms with Crippen molar-refractivity contribution in [3.8, 4) is 16.8 Å². The van der Waals surface area contributed by atoms with Crippen LogP contribution < -0.4 is 16.4 Å². The summed E-state index contributed by atoms with van der Waals surface area (Å²) < 4.78 is 18.6. The molecule has 0 unspecified atom stereocenters. The summed E-state index contributed by atoms with van der Waals surface area (Å²) in [5, 5.41) is 12.2. The second kappa shape index (κ2) is 17.4. The summed E-state index contributed by atoms with van der Waals surface area (Å²) in [6, 6.07) is 64.3. The van der Waals surface area contributed by atoms with Gasteiger partial charge < -0.3 is 18.7 Å². The molecule has 9 aromatic carbocycles. The molecule has 0 fully saturated rings. The lowest BCUT2D eigenvalue weighted by Crippen LogP contribution is -2.36. The third-order valence-corrected chi connectivity index (χ3v) is 18.8. The molecular weight excluding hydrogens is 992 g/mol. The number of hydrogen-bond acceptors (Lipinski definition) is 4. The number of benzene rings is 9. The maximum absolute atomic E-state index is 7.00. The maximum Gasteiger partial charge on any atom is 0.247 e. The van der Waals surface area contributed by atoms with Crippen molar-refractivity contribution in [3.63, 3.8) is 0 Å². The highest BCUT2D eigenvalue weighted by Crippen LogP contribution is 2.48. The summed E-state index contributed by atoms with van der Waals surface area (Å²) in [5.74, 6) is 0. The van der Waals surface area contributed by atoms with Gasteiger partial charge in [-0.2, -0.15) is 0 Å². The fourth-order valence-corrected chi connectivity index (χ4v) is 13.9. The van der Waals surface area contributed by atoms with Crippen LogP contribution in [0.4, 0.5) is 11.4 Å². The molecule has 1 aliphatic rings. The molecule has 0 atom stereocenters. The average molecular weight is 1060 g/mol. The Hall–Kier alpha value is -7.80. The Kier molecular flexibility index (Phi) is 10.9. The Bertz CT molecular complexity index is 4610. The molecule has 0 bridgehead atoms. The van der Waals surface area contributed by atoms with E-state index in [1.54, 1.807) is 0 Å². The molecule has 1 radical (unpaired) electrons. The molecule has 4 nitrogen and oxygen atoms in total. The molecule has 1 N–H and O–H groups in total. The molecule has 395 valence electrons. The van der Waals surface area contributed by atoms with Crippen molar-refractivity contribution >= 4 is 116 Å². The summed E-state index contributed by atoms with van der Waals surface area (Å²) in [7, 11) is 2.31. The van der Waals surface area contributed by atoms with Crippen LogP contribution in [0.3, 0.4) is 0 Å². The van der Waals surface area contributed by atoms with Crippen molar-refractivity contribution in [3.05, 3.63) is 209 Å². The normalized spacial score (nSPS) is 13.4. The standard InChI is InChI=1S/C74H68BN2O2S/c1-70(2,3)42-18-22-45(23-19-42)74(13,46-24-20-43(21-25-46)71(4,5)6)48-28-32-51-57-39-59(76-49-30-26-44(27-31-49)72(7,8)9)54(40-65(57)80-64(51)37-48)52-33-34-53-55-38-56-50-16-14-15-17-61(50)78-63(56)41-60(55)77-67(53)66(52)75-69-68(77)58-36-47(73(10,11)12)29-35-62(58)79-69/h14-41,76H,1-13H3. The lowest BCUT2D eigenvalue weighted by molar-refractivity contribution is 0.587. The third kappa shape index (κ3) is 7.91. The van der Waals surface area contributed by atoms with E-state index in [1.807, 2.05) is 17.4 Å². The van der Waals surface area contributed by atoms with Gasteiger partial charge in [-0.25, -0.2) is 0 Å². The molecule has 5 heterocycles. The number of furan rings is 2. The van der Waals surface area contributed by atoms with E-state index in [-0.39, 0.29) is 21.7 Å². The van der Waals surface area contributed by atoms with Crippen molar-refractivity contribution in [2.75, 3.05) is 5.32 Å². The number of nitrogens with one attached hydrogen (secondary N) is 1. The fraction of sp³-hybridized carbons (Fsp3) is 0.243. The predicted octanol–water partition coefficient (Wildman–Crippen LogP) is 19.7. The van der Waals surface area contributed by atoms with Gasteiger partial charge in [-0.05, 0) is 133 Å². The van der Waals surface area contributed by atoms with Crippen LogP contribution in [0.5, 0.6) is 0 Å². The quantitative estimate of drug-likeness (QED) is 0.133. The largest absolute Gasteiger partial charge is 0.469 e. The summed E-state index contributed by atoms with van der Waals surface area (Å²) in [5.41, 5.74) is 21.1. The van der Waals surface area contributed by atoms with Gasteiger partial charge in [0.05, 0.1) is 16.9 Å². The molecule has 0 aliphatic carbocycles. The lowest BCUT2D eigenvalue weighted by atomic mass is 9.62. The molecule has 0 saturated heterocycles. The highest BCUT2D eigenvalue weighted by atomic mass is 32.1. The SMILES string of the molecule is CC(C)(C)c1ccc(Nc2cc3c(cc2-c2ccc4c5cc6c(cc5n5c4c2[B]c2oc4ccc(C(C)(C)C)cc4c2-5)oc2ccccc26)sc2cc(C(C)(c4ccc(C(C)(C)C)cc4)c4ccc(C(C)(C)C)cc4)ccc23)cc1. The van der Waals surface area contributed by atoms with E-state index >= 15 is 0 Å². The number of thiophene rings is 1. The van der Waals surface area contributed by atoms with Gasteiger partial charge in [0, 0.05) is 81.0 Å². The van der Waals surface area contributed by atoms with Gasteiger partial charge in [-0.1, -0.05) is 192 Å². The van der Waals surface area contributed by atoms with E-state index in [2.05, 4.69) is 271 Å². The molecule has 6 heteroatoms. The van der Waals surface area contributed by atoms with E-state index in [4.69, 9.17) is 8.83 Å². The van der Waals surface area contributed by atoms with Gasteiger partial charge in [0.15, 0.2) is 0 Å². The molecule has 1 aliphatic heterocycles. The van der Waals surface area contributed by atoms with Gasteiger partial charge in [0.2, 0.25) is 7.28 Å². The number of nitrogens with zero attached hydrogens (tertiary/aromatic N) is 1. The second-order valence-electron chi connectivity index (χ2n) is 27.1. The highest BCUT2D eigenvalue weighted by Gasteiger charge is 2.35. The molecule has 4 aromatic heterocycles. The summed E-state index contributed by atoms with van der Waals surface area (Å²) >= 11 is 1.89. The molecule has 13 aromatic rings. The molecule has 0 amide bonds. The van der Waals surface area contributed by atoms with Crippen molar-refractivity contribution in [2.24, 2.45) is 0 Å². The monoisotopic (exact) mass is 1060 g/mol. The Morgan fingerprint density at radius 2 is 0.963 bits per heavy atom. The molecule has 14 rings (SSSR count). The zero-order valence-electron chi connectivity index (χ0n) is 48.4. The molecule has 0 spiro atoms. The van der Waals surface area contributed by atoms with Crippen molar-refractivity contribution in [1.29, 1.82) is 0 Å². The zero-order chi connectivity index (χ0) is 55.6.